The van der Waals surface area contributed by atoms with E-state index in [0.29, 0.717) is 53.2 Å². The first kappa shape index (κ1) is 103. The highest BCUT2D eigenvalue weighted by Crippen LogP contribution is 2.50. The summed E-state index contributed by atoms with van der Waals surface area (Å²) in [5, 5.41) is 7.90. The van der Waals surface area contributed by atoms with Gasteiger partial charge in [0.2, 0.25) is 27.8 Å². The van der Waals surface area contributed by atoms with Crippen molar-refractivity contribution in [2.45, 2.75) is 113 Å². The summed E-state index contributed by atoms with van der Waals surface area (Å²) in [7, 11) is 1.30. The molecule has 0 aliphatic carbocycles. The van der Waals surface area contributed by atoms with Crippen molar-refractivity contribution >= 4 is 88.9 Å². The fraction of sp³-hybridized carbons (Fsp3) is 0.425. The number of aromatic nitrogens is 5. The van der Waals surface area contributed by atoms with Gasteiger partial charge in [0.15, 0.2) is 12.3 Å². The molecule has 5 aromatic heterocycles. The number of aromatic amines is 5. The summed E-state index contributed by atoms with van der Waals surface area (Å²) in [6.45, 7) is -4.14. The number of fused-ring (bicyclic) bond motifs is 10. The molecule has 55 heteroatoms. The van der Waals surface area contributed by atoms with Gasteiger partial charge >= 0.3 is 61.8 Å². The molecule has 10 aromatic rings. The number of amides is 1. The molecular formula is C80H68F30N10O15. The summed E-state index contributed by atoms with van der Waals surface area (Å²) in [4.78, 5) is 84.1. The molecule has 4 atom stereocenters. The van der Waals surface area contributed by atoms with E-state index in [4.69, 9.17) is 37.9 Å². The third kappa shape index (κ3) is 25.2. The number of carbonyl (C=O) groups is 1. The van der Waals surface area contributed by atoms with E-state index in [2.05, 4.69) is 24.9 Å². The summed E-state index contributed by atoms with van der Waals surface area (Å²) in [5.74, 6) is -1.58. The Morgan fingerprint density at radius 1 is 0.356 bits per heavy atom. The molecular weight excluding hydrogens is 1910 g/mol. The van der Waals surface area contributed by atoms with Crippen LogP contribution in [0.15, 0.2) is 115 Å². The van der Waals surface area contributed by atoms with Crippen LogP contribution in [0.2, 0.25) is 0 Å². The molecule has 6 N–H and O–H groups in total. The Morgan fingerprint density at radius 3 is 0.911 bits per heavy atom. The maximum Gasteiger partial charge on any atom is 0.417 e. The summed E-state index contributed by atoms with van der Waals surface area (Å²) >= 11 is 0. The topological polar surface area (TPSA) is 292 Å². The minimum absolute atomic E-state index is 0.0385. The quantitative estimate of drug-likeness (QED) is 0.0435. The van der Waals surface area contributed by atoms with Crippen LogP contribution in [0.25, 0.3) is 54.5 Å². The Morgan fingerprint density at radius 2 is 0.630 bits per heavy atom. The molecule has 5 aromatic carbocycles. The van der Waals surface area contributed by atoms with Crippen molar-refractivity contribution < 1.29 is 180 Å². The number of rotatable bonds is 14. The summed E-state index contributed by atoms with van der Waals surface area (Å²) in [6.07, 6.45) is -46.9. The van der Waals surface area contributed by atoms with Gasteiger partial charge in [0.1, 0.15) is 87.9 Å². The minimum atomic E-state index is -4.91. The highest BCUT2D eigenvalue weighted by atomic mass is 19.4. The van der Waals surface area contributed by atoms with E-state index in [0.717, 1.165) is 82.3 Å². The van der Waals surface area contributed by atoms with E-state index in [1.165, 1.54) is 7.11 Å². The highest BCUT2D eigenvalue weighted by Gasteiger charge is 2.49. The average molecular weight is 1980 g/mol. The SMILES string of the molecule is CC1(O)COc2cc3[nH]c(=O)cc(C(F)(F)F)c3cc2N1CC(F)(F)F.CCCOCC1COc2cc3[nH]c(=O)cc(C(F)(F)F)c3cc2N1CC(F)(F)F.CCOCC1COc2cc3[nH]c(=O)cc(C(F)(F)F)c3cc2N1CC(F)(F)F.COCC1COc2cc3[nH]c(=O)cc(C(F)(F)F)c3cc2N1CC(F)(F)F.O=C1COc2cc3[nH]c(=O)cc(C(F)(F)F)c3cc2N1CC(F)(F)F. The second-order valence-electron chi connectivity index (χ2n) is 30.5. The molecule has 4 unspecified atom stereocenters. The zero-order valence-corrected chi connectivity index (χ0v) is 68.9. The zero-order chi connectivity index (χ0) is 100. The van der Waals surface area contributed by atoms with Crippen molar-refractivity contribution in [3.63, 3.8) is 0 Å². The molecule has 738 valence electrons. The van der Waals surface area contributed by atoms with Gasteiger partial charge in [0.05, 0.1) is 122 Å². The molecule has 0 saturated carbocycles. The lowest BCUT2D eigenvalue weighted by molar-refractivity contribution is -0.137. The predicted octanol–water partition coefficient (Wildman–Crippen LogP) is 17.0. The highest BCUT2D eigenvalue weighted by molar-refractivity contribution is 6.02. The number of ether oxygens (including phenoxy) is 8. The second kappa shape index (κ2) is 38.4. The summed E-state index contributed by atoms with van der Waals surface area (Å²) < 4.78 is 436. The smallest absolute Gasteiger partial charge is 0.417 e. The van der Waals surface area contributed by atoms with Crippen LogP contribution in [-0.2, 0) is 49.9 Å². The van der Waals surface area contributed by atoms with Gasteiger partial charge in [-0.15, -0.1) is 0 Å². The average Bonchev–Trinajstić information content (AvgIpc) is 0.738. The maximum atomic E-state index is 13.4. The van der Waals surface area contributed by atoms with Crippen molar-refractivity contribution in [2.75, 3.05) is 130 Å². The number of methoxy groups -OCH3 is 1. The lowest BCUT2D eigenvalue weighted by Gasteiger charge is -2.43. The van der Waals surface area contributed by atoms with Crippen LogP contribution in [0.3, 0.4) is 0 Å². The van der Waals surface area contributed by atoms with E-state index in [1.54, 1.807) is 6.92 Å². The van der Waals surface area contributed by atoms with Gasteiger partial charge in [0.25, 0.3) is 5.91 Å². The fourth-order valence-corrected chi connectivity index (χ4v) is 14.8. The number of alkyl halides is 30. The second-order valence-corrected chi connectivity index (χ2v) is 30.5. The number of hydrogen-bond acceptors (Lipinski definition) is 19. The van der Waals surface area contributed by atoms with Gasteiger partial charge in [-0.1, -0.05) is 6.92 Å². The summed E-state index contributed by atoms with van der Waals surface area (Å²) in [6, 6.07) is 9.06. The van der Waals surface area contributed by atoms with Crippen LogP contribution in [0.1, 0.15) is 55.0 Å². The van der Waals surface area contributed by atoms with E-state index in [1.807, 2.05) is 6.92 Å². The lowest BCUT2D eigenvalue weighted by atomic mass is 10.0. The first-order valence-corrected chi connectivity index (χ1v) is 38.9. The van der Waals surface area contributed by atoms with Crippen LogP contribution < -0.4 is 76.0 Å². The number of hydrogen-bond donors (Lipinski definition) is 6. The Labute approximate surface area is 733 Å². The van der Waals surface area contributed by atoms with Gasteiger partial charge in [0, 0.05) is 108 Å². The molecule has 0 radical (unpaired) electrons. The van der Waals surface area contributed by atoms with Crippen molar-refractivity contribution in [3.8, 4) is 28.7 Å². The van der Waals surface area contributed by atoms with Gasteiger partial charge in [-0.2, -0.15) is 132 Å². The first-order valence-electron chi connectivity index (χ1n) is 38.9. The number of nitrogens with zero attached hydrogens (tertiary/aromatic N) is 5. The molecule has 15 rings (SSSR count). The van der Waals surface area contributed by atoms with Gasteiger partial charge in [-0.05, 0) is 50.6 Å². The van der Waals surface area contributed by atoms with Crippen molar-refractivity contribution in [1.82, 2.24) is 24.9 Å². The van der Waals surface area contributed by atoms with E-state index in [9.17, 15) is 166 Å². The predicted molar refractivity (Wildman–Crippen MR) is 419 cm³/mol. The maximum absolute atomic E-state index is 13.4. The van der Waals surface area contributed by atoms with E-state index in [-0.39, 0.29) is 125 Å². The van der Waals surface area contributed by atoms with Gasteiger partial charge < -0.3 is 87.5 Å². The Hall–Kier alpha value is -12.4. The number of nitrogens with one attached hydrogen (secondary N) is 5. The van der Waals surface area contributed by atoms with Gasteiger partial charge in [-0.3, -0.25) is 33.7 Å². The van der Waals surface area contributed by atoms with Crippen LogP contribution >= 0.6 is 0 Å². The minimum Gasteiger partial charge on any atom is -0.489 e. The number of anilines is 5. The van der Waals surface area contributed by atoms with Crippen molar-refractivity contribution in [2.24, 2.45) is 0 Å². The molecule has 0 fully saturated rings. The number of aliphatic hydroxyl groups is 1. The Kier molecular flexibility index (Phi) is 29.3. The van der Waals surface area contributed by atoms with Crippen LogP contribution in [0.5, 0.6) is 28.7 Å². The molecule has 10 heterocycles. The molecule has 0 saturated heterocycles. The number of benzene rings is 5. The number of pyridine rings is 5. The van der Waals surface area contributed by atoms with Gasteiger partial charge in [-0.25, -0.2) is 0 Å². The standard InChI is InChI=1S/C18H18F6N2O3.C17H16F6N2O3.C16H14F6N2O3.C15H12F6N2O3.C14H8F6N2O3/c1-2-3-28-7-10-8-29-15-6-13-11(4-14(15)26(10)9-17(19,20)21)12(18(22,23)24)5-16(27)25-13;1-2-27-6-9-7-28-14-5-12-10(3-13(14)25(9)8-16(18,19)20)11(17(21,22)23)4-15(26)24-12;1-26-5-8-6-27-13-4-11-9(2-12(13)24(8)7-15(17,18)19)10(16(20,21)22)3-14(25)23-11;1-13(25)6-26-11-4-9-7(2-10(11)23(13)5-14(16,17)18)8(15(19,20)21)3-12(24)22-9;15-13(16,17)5-22-9-1-6-7(14(18,19)20)2-11(23)21-8(6)3-10(9)25-4-12(22)24/h4-6,10H,2-3,7-9H2,1H3,(H,25,27);3-5,9H,2,6-8H2,1H3,(H,24,26);2-4,8H,5-7H2,1H3,(H,23,25);2-4,25H,5-6H2,1H3,(H,22,24);1-3H,4-5H2,(H,21,23). The normalized spacial score (nSPS) is 17.8. The molecule has 0 spiro atoms. The van der Waals surface area contributed by atoms with Crippen LogP contribution in [-0.4, -0.2) is 197 Å². The fourth-order valence-electron chi connectivity index (χ4n) is 14.8. The van der Waals surface area contributed by atoms with Crippen LogP contribution in [0, 0.1) is 0 Å². The monoisotopic (exact) mass is 1980 g/mol. The first-order chi connectivity index (χ1) is 62.2. The number of halogens is 30. The summed E-state index contributed by atoms with van der Waals surface area (Å²) in [5.41, 5.74) is -15.6. The molecule has 25 nitrogen and oxygen atoms in total. The van der Waals surface area contributed by atoms with Crippen molar-refractivity contribution in [3.05, 3.63) is 171 Å². The molecule has 0 bridgehead atoms. The lowest BCUT2D eigenvalue weighted by Crippen LogP contribution is -2.56. The third-order valence-electron chi connectivity index (χ3n) is 20.3. The Bertz CT molecular complexity index is 6350. The van der Waals surface area contributed by atoms with E-state index >= 15 is 0 Å². The van der Waals surface area contributed by atoms with Crippen molar-refractivity contribution in [1.29, 1.82) is 0 Å². The molecule has 135 heavy (non-hydrogen) atoms. The van der Waals surface area contributed by atoms with E-state index < -0.39 is 226 Å². The van der Waals surface area contributed by atoms with Crippen LogP contribution in [0.4, 0.5) is 160 Å². The molecule has 5 aliphatic rings. The largest absolute Gasteiger partial charge is 0.489 e. The number of H-pyrrole nitrogens is 5. The molecule has 1 amide bonds. The molecule has 5 aliphatic heterocycles. The Balaban J connectivity index is 0.000000162. The zero-order valence-electron chi connectivity index (χ0n) is 68.9. The number of carbonyl (C=O) groups excluding carboxylic acids is 1. The third-order valence-corrected chi connectivity index (χ3v) is 20.3.